The Balaban J connectivity index is 2.19. The Morgan fingerprint density at radius 1 is 1.26 bits per heavy atom. The van der Waals surface area contributed by atoms with Gasteiger partial charge in [0, 0.05) is 32.9 Å². The molecule has 0 aliphatic carbocycles. The van der Waals surface area contributed by atoms with Crippen LogP contribution >= 0.6 is 0 Å². The van der Waals surface area contributed by atoms with Gasteiger partial charge in [-0.05, 0) is 44.4 Å². The fourth-order valence-electron chi connectivity index (χ4n) is 2.69. The lowest BCUT2D eigenvalue weighted by Crippen LogP contribution is -2.39. The number of sulfonamides is 1. The molecule has 6 nitrogen and oxygen atoms in total. The van der Waals surface area contributed by atoms with Gasteiger partial charge in [0.1, 0.15) is 6.04 Å². The van der Waals surface area contributed by atoms with Crippen LogP contribution in [0.2, 0.25) is 0 Å². The average molecular weight is 339 g/mol. The van der Waals surface area contributed by atoms with Crippen molar-refractivity contribution >= 4 is 21.6 Å². The van der Waals surface area contributed by atoms with E-state index in [0.717, 1.165) is 25.9 Å². The third kappa shape index (κ3) is 3.84. The highest BCUT2D eigenvalue weighted by atomic mass is 32.2. The first kappa shape index (κ1) is 17.7. The molecule has 2 rings (SSSR count). The molecule has 1 saturated heterocycles. The summed E-state index contributed by atoms with van der Waals surface area (Å²) in [5.74, 6) is 0.0556. The molecule has 1 atom stereocenters. The van der Waals surface area contributed by atoms with E-state index < -0.39 is 10.0 Å². The second-order valence-electron chi connectivity index (χ2n) is 6.17. The van der Waals surface area contributed by atoms with Gasteiger partial charge in [-0.1, -0.05) is 6.07 Å². The average Bonchev–Trinajstić information content (AvgIpc) is 3.02. The second kappa shape index (κ2) is 6.88. The Morgan fingerprint density at radius 2 is 1.87 bits per heavy atom. The molecule has 7 heteroatoms. The molecule has 1 aliphatic rings. The fraction of sp³-hybridized carbons (Fsp3) is 0.562. The molecule has 1 unspecified atom stereocenters. The van der Waals surface area contributed by atoms with Crippen LogP contribution in [0.25, 0.3) is 0 Å². The van der Waals surface area contributed by atoms with E-state index in [0.29, 0.717) is 11.3 Å². The zero-order valence-electron chi connectivity index (χ0n) is 14.2. The maximum atomic E-state index is 12.4. The first-order valence-corrected chi connectivity index (χ1v) is 9.26. The van der Waals surface area contributed by atoms with Gasteiger partial charge in [0.15, 0.2) is 0 Å². The number of nitrogens with zero attached hydrogens (tertiary/aromatic N) is 2. The van der Waals surface area contributed by atoms with E-state index in [1.807, 2.05) is 4.90 Å². The number of carbonyl (C=O) groups is 1. The molecule has 0 saturated carbocycles. The van der Waals surface area contributed by atoms with Crippen molar-refractivity contribution in [3.8, 4) is 0 Å². The molecular weight excluding hydrogens is 314 g/mol. The van der Waals surface area contributed by atoms with Crippen LogP contribution in [0.3, 0.4) is 0 Å². The number of anilines is 1. The molecule has 1 fully saturated rings. The third-order valence-electron chi connectivity index (χ3n) is 4.12. The van der Waals surface area contributed by atoms with Gasteiger partial charge in [-0.25, -0.2) is 12.7 Å². The maximum Gasteiger partial charge on any atom is 0.244 e. The molecule has 0 radical (unpaired) electrons. The summed E-state index contributed by atoms with van der Waals surface area (Å²) in [5, 5.41) is 3.12. The van der Waals surface area contributed by atoms with E-state index in [4.69, 9.17) is 0 Å². The van der Waals surface area contributed by atoms with E-state index in [1.54, 1.807) is 32.0 Å². The number of benzene rings is 1. The van der Waals surface area contributed by atoms with Gasteiger partial charge < -0.3 is 10.2 Å². The fourth-order valence-corrected chi connectivity index (χ4v) is 3.83. The Labute approximate surface area is 138 Å². The first-order valence-electron chi connectivity index (χ1n) is 7.82. The highest BCUT2D eigenvalue weighted by Gasteiger charge is 2.24. The Bertz CT molecular complexity index is 680. The van der Waals surface area contributed by atoms with Crippen molar-refractivity contribution in [2.24, 2.45) is 0 Å². The lowest BCUT2D eigenvalue weighted by molar-refractivity contribution is -0.130. The summed E-state index contributed by atoms with van der Waals surface area (Å²) in [6.07, 6.45) is 2.10. The normalized spacial score (nSPS) is 16.7. The highest BCUT2D eigenvalue weighted by molar-refractivity contribution is 7.89. The van der Waals surface area contributed by atoms with E-state index in [-0.39, 0.29) is 16.8 Å². The predicted molar refractivity (Wildman–Crippen MR) is 91.0 cm³/mol. The number of hydrogen-bond donors (Lipinski definition) is 1. The zero-order chi connectivity index (χ0) is 17.2. The van der Waals surface area contributed by atoms with Crippen LogP contribution in [0.4, 0.5) is 5.69 Å². The van der Waals surface area contributed by atoms with Gasteiger partial charge in [-0.2, -0.15) is 0 Å². The number of likely N-dealkylation sites (tertiary alicyclic amines) is 1. The summed E-state index contributed by atoms with van der Waals surface area (Å²) in [5.41, 5.74) is 1.32. The summed E-state index contributed by atoms with van der Waals surface area (Å²) in [4.78, 5) is 14.5. The minimum absolute atomic E-state index is 0.0556. The summed E-state index contributed by atoms with van der Waals surface area (Å²) < 4.78 is 25.9. The van der Waals surface area contributed by atoms with Crippen molar-refractivity contribution < 1.29 is 13.2 Å². The maximum absolute atomic E-state index is 12.4. The molecule has 1 N–H and O–H groups in total. The highest BCUT2D eigenvalue weighted by Crippen LogP contribution is 2.23. The summed E-state index contributed by atoms with van der Waals surface area (Å²) in [6, 6.07) is 4.77. The third-order valence-corrected chi connectivity index (χ3v) is 6.08. The number of aryl methyl sites for hydroxylation is 1. The van der Waals surface area contributed by atoms with Gasteiger partial charge in [-0.3, -0.25) is 4.79 Å². The molecule has 1 aromatic carbocycles. The van der Waals surface area contributed by atoms with Crippen molar-refractivity contribution in [1.29, 1.82) is 0 Å². The molecule has 1 amide bonds. The van der Waals surface area contributed by atoms with Crippen LogP contribution in [0.5, 0.6) is 0 Å². The summed E-state index contributed by atoms with van der Waals surface area (Å²) in [7, 11) is -0.487. The Morgan fingerprint density at radius 3 is 2.43 bits per heavy atom. The SMILES string of the molecule is Cc1ccc(NC(C)C(=O)N2CCCC2)cc1S(=O)(=O)N(C)C. The standard InChI is InChI=1S/C16H25N3O3S/c1-12-7-8-14(11-15(12)23(21,22)18(3)4)17-13(2)16(20)19-9-5-6-10-19/h7-8,11,13,17H,5-6,9-10H2,1-4H3. The smallest absolute Gasteiger partial charge is 0.244 e. The van der Waals surface area contributed by atoms with E-state index in [2.05, 4.69) is 5.32 Å². The number of nitrogens with one attached hydrogen (secondary N) is 1. The van der Waals surface area contributed by atoms with Gasteiger partial charge in [0.25, 0.3) is 0 Å². The number of hydrogen-bond acceptors (Lipinski definition) is 4. The molecule has 1 heterocycles. The molecule has 128 valence electrons. The molecular formula is C16H25N3O3S. The molecule has 0 aromatic heterocycles. The van der Waals surface area contributed by atoms with Gasteiger partial charge >= 0.3 is 0 Å². The van der Waals surface area contributed by atoms with Gasteiger partial charge in [0.2, 0.25) is 15.9 Å². The molecule has 0 spiro atoms. The van der Waals surface area contributed by atoms with Crippen molar-refractivity contribution in [1.82, 2.24) is 9.21 Å². The topological polar surface area (TPSA) is 69.7 Å². The zero-order valence-corrected chi connectivity index (χ0v) is 15.0. The van der Waals surface area contributed by atoms with Crippen molar-refractivity contribution in [2.45, 2.75) is 37.6 Å². The van der Waals surface area contributed by atoms with Crippen molar-refractivity contribution in [3.05, 3.63) is 23.8 Å². The number of amides is 1. The summed E-state index contributed by atoms with van der Waals surface area (Å²) in [6.45, 7) is 5.18. The lowest BCUT2D eigenvalue weighted by Gasteiger charge is -2.22. The van der Waals surface area contributed by atoms with Crippen molar-refractivity contribution in [3.63, 3.8) is 0 Å². The predicted octanol–water partition coefficient (Wildman–Crippen LogP) is 1.67. The minimum Gasteiger partial charge on any atom is -0.374 e. The van der Waals surface area contributed by atoms with Crippen LogP contribution in [-0.4, -0.2) is 56.8 Å². The van der Waals surface area contributed by atoms with E-state index >= 15 is 0 Å². The van der Waals surface area contributed by atoms with Crippen LogP contribution in [0.1, 0.15) is 25.3 Å². The number of carbonyl (C=O) groups excluding carboxylic acids is 1. The molecule has 0 bridgehead atoms. The van der Waals surface area contributed by atoms with Crippen LogP contribution in [-0.2, 0) is 14.8 Å². The monoisotopic (exact) mass is 339 g/mol. The lowest BCUT2D eigenvalue weighted by atomic mass is 10.2. The molecule has 23 heavy (non-hydrogen) atoms. The second-order valence-corrected chi connectivity index (χ2v) is 8.29. The van der Waals surface area contributed by atoms with E-state index in [1.165, 1.54) is 18.4 Å². The Hall–Kier alpha value is -1.60. The minimum atomic E-state index is -3.50. The quantitative estimate of drug-likeness (QED) is 0.886. The molecule has 1 aliphatic heterocycles. The largest absolute Gasteiger partial charge is 0.374 e. The summed E-state index contributed by atoms with van der Waals surface area (Å²) >= 11 is 0. The van der Waals surface area contributed by atoms with E-state index in [9.17, 15) is 13.2 Å². The number of rotatable bonds is 5. The Kier molecular flexibility index (Phi) is 5.31. The van der Waals surface area contributed by atoms with Crippen molar-refractivity contribution in [2.75, 3.05) is 32.5 Å². The van der Waals surface area contributed by atoms with Crippen LogP contribution in [0.15, 0.2) is 23.1 Å². The van der Waals surface area contributed by atoms with Gasteiger partial charge in [-0.15, -0.1) is 0 Å². The van der Waals surface area contributed by atoms with Gasteiger partial charge in [0.05, 0.1) is 4.90 Å². The van der Waals surface area contributed by atoms with Crippen LogP contribution < -0.4 is 5.32 Å². The first-order chi connectivity index (χ1) is 10.7. The molecule has 1 aromatic rings. The van der Waals surface area contributed by atoms with Crippen LogP contribution in [0, 0.1) is 6.92 Å².